The van der Waals surface area contributed by atoms with Crippen molar-refractivity contribution in [2.45, 2.75) is 6.92 Å². The van der Waals surface area contributed by atoms with Crippen molar-refractivity contribution in [3.63, 3.8) is 0 Å². The van der Waals surface area contributed by atoms with Gasteiger partial charge in [-0.05, 0) is 25.6 Å². The number of benzene rings is 1. The molecule has 1 amide bonds. The van der Waals surface area contributed by atoms with Crippen molar-refractivity contribution >= 4 is 16.9 Å². The summed E-state index contributed by atoms with van der Waals surface area (Å²) in [5, 5.41) is 6.87. The fourth-order valence-corrected chi connectivity index (χ4v) is 1.94. The third-order valence-electron chi connectivity index (χ3n) is 2.89. The van der Waals surface area contributed by atoms with Crippen LogP contribution < -0.4 is 10.6 Å². The molecule has 96 valence electrons. The van der Waals surface area contributed by atoms with Gasteiger partial charge in [-0.25, -0.2) is 0 Å². The molecule has 1 atom stereocenters. The van der Waals surface area contributed by atoms with Gasteiger partial charge in [-0.2, -0.15) is 0 Å². The summed E-state index contributed by atoms with van der Waals surface area (Å²) in [5.41, 5.74) is 1.34. The third kappa shape index (κ3) is 2.71. The van der Waals surface area contributed by atoms with Gasteiger partial charge in [0.05, 0.1) is 5.56 Å². The highest BCUT2D eigenvalue weighted by Crippen LogP contribution is 2.20. The Morgan fingerprint density at radius 2 is 2.11 bits per heavy atom. The largest absolute Gasteiger partial charge is 0.463 e. The molecule has 0 saturated heterocycles. The molecule has 4 heteroatoms. The predicted molar refractivity (Wildman–Crippen MR) is 71.6 cm³/mol. The van der Waals surface area contributed by atoms with Crippen molar-refractivity contribution in [2.24, 2.45) is 5.92 Å². The van der Waals surface area contributed by atoms with Crippen molar-refractivity contribution < 1.29 is 9.21 Å². The topological polar surface area (TPSA) is 54.3 Å². The molecule has 0 aliphatic heterocycles. The summed E-state index contributed by atoms with van der Waals surface area (Å²) < 4.78 is 5.35. The van der Waals surface area contributed by atoms with E-state index in [0.717, 1.165) is 17.5 Å². The van der Waals surface area contributed by atoms with Crippen molar-refractivity contribution in [1.29, 1.82) is 0 Å². The number of carbonyl (C=O) groups excluding carboxylic acids is 1. The van der Waals surface area contributed by atoms with E-state index >= 15 is 0 Å². The molecule has 1 aromatic carbocycles. The van der Waals surface area contributed by atoms with Crippen LogP contribution in [0.2, 0.25) is 0 Å². The van der Waals surface area contributed by atoms with Crippen LogP contribution >= 0.6 is 0 Å². The highest BCUT2D eigenvalue weighted by Gasteiger charge is 2.13. The summed E-state index contributed by atoms with van der Waals surface area (Å²) in [6, 6.07) is 7.54. The SMILES string of the molecule is CNCC(C)CNC(=O)c1coc2ccccc12. The van der Waals surface area contributed by atoms with Crippen molar-refractivity contribution in [2.75, 3.05) is 20.1 Å². The van der Waals surface area contributed by atoms with E-state index in [0.29, 0.717) is 18.0 Å². The second-order valence-electron chi connectivity index (χ2n) is 4.52. The summed E-state index contributed by atoms with van der Waals surface area (Å²) in [4.78, 5) is 12.0. The van der Waals surface area contributed by atoms with Gasteiger partial charge in [0, 0.05) is 11.9 Å². The van der Waals surface area contributed by atoms with Crippen LogP contribution in [0, 0.1) is 5.92 Å². The van der Waals surface area contributed by atoms with Crippen molar-refractivity contribution in [3.05, 3.63) is 36.1 Å². The number of para-hydroxylation sites is 1. The average Bonchev–Trinajstić information content (AvgIpc) is 2.80. The van der Waals surface area contributed by atoms with E-state index in [4.69, 9.17) is 4.42 Å². The molecule has 0 bridgehead atoms. The lowest BCUT2D eigenvalue weighted by atomic mass is 10.1. The molecule has 0 spiro atoms. The minimum absolute atomic E-state index is 0.0806. The molecule has 0 saturated carbocycles. The standard InChI is InChI=1S/C14H18N2O2/c1-10(7-15-2)8-16-14(17)12-9-18-13-6-4-3-5-11(12)13/h3-6,9-10,15H,7-8H2,1-2H3,(H,16,17). The van der Waals surface area contributed by atoms with Gasteiger partial charge in [-0.1, -0.05) is 25.1 Å². The van der Waals surface area contributed by atoms with Gasteiger partial charge in [0.15, 0.2) is 0 Å². The molecule has 1 aromatic heterocycles. The van der Waals surface area contributed by atoms with Gasteiger partial charge in [0.2, 0.25) is 0 Å². The van der Waals surface area contributed by atoms with Gasteiger partial charge >= 0.3 is 0 Å². The number of carbonyl (C=O) groups is 1. The lowest BCUT2D eigenvalue weighted by Gasteiger charge is -2.11. The zero-order valence-corrected chi connectivity index (χ0v) is 10.7. The smallest absolute Gasteiger partial charge is 0.255 e. The summed E-state index contributed by atoms with van der Waals surface area (Å²) >= 11 is 0. The summed E-state index contributed by atoms with van der Waals surface area (Å²) in [6.45, 7) is 3.62. The highest BCUT2D eigenvalue weighted by molar-refractivity contribution is 6.05. The monoisotopic (exact) mass is 246 g/mol. The van der Waals surface area contributed by atoms with E-state index in [-0.39, 0.29) is 5.91 Å². The summed E-state index contributed by atoms with van der Waals surface area (Å²) in [6.07, 6.45) is 1.52. The van der Waals surface area contributed by atoms with Gasteiger partial charge in [-0.3, -0.25) is 4.79 Å². The molecule has 2 N–H and O–H groups in total. The first-order valence-electron chi connectivity index (χ1n) is 6.11. The number of hydrogen-bond donors (Lipinski definition) is 2. The molecular formula is C14H18N2O2. The molecule has 0 aliphatic rings. The van der Waals surface area contributed by atoms with E-state index in [2.05, 4.69) is 17.6 Å². The van der Waals surface area contributed by atoms with Crippen LogP contribution in [-0.4, -0.2) is 26.0 Å². The summed E-state index contributed by atoms with van der Waals surface area (Å²) in [7, 11) is 1.90. The number of furan rings is 1. The van der Waals surface area contributed by atoms with Gasteiger partial charge in [0.1, 0.15) is 11.8 Å². The van der Waals surface area contributed by atoms with Crippen LogP contribution in [-0.2, 0) is 0 Å². The highest BCUT2D eigenvalue weighted by atomic mass is 16.3. The second kappa shape index (κ2) is 5.69. The zero-order valence-electron chi connectivity index (χ0n) is 10.7. The minimum Gasteiger partial charge on any atom is -0.463 e. The van der Waals surface area contributed by atoms with Gasteiger partial charge < -0.3 is 15.1 Å². The molecule has 4 nitrogen and oxygen atoms in total. The first-order chi connectivity index (χ1) is 8.72. The van der Waals surface area contributed by atoms with E-state index < -0.39 is 0 Å². The maximum atomic E-state index is 12.0. The lowest BCUT2D eigenvalue weighted by Crippen LogP contribution is -2.32. The number of rotatable bonds is 5. The Morgan fingerprint density at radius 1 is 1.33 bits per heavy atom. The Labute approximate surface area is 106 Å². The van der Waals surface area contributed by atoms with E-state index in [1.54, 1.807) is 0 Å². The Kier molecular flexibility index (Phi) is 3.99. The van der Waals surface area contributed by atoms with Gasteiger partial charge in [-0.15, -0.1) is 0 Å². The first kappa shape index (κ1) is 12.6. The van der Waals surface area contributed by atoms with E-state index in [1.807, 2.05) is 31.3 Å². The molecule has 0 radical (unpaired) electrons. The Morgan fingerprint density at radius 3 is 2.89 bits per heavy atom. The van der Waals surface area contributed by atoms with Crippen LogP contribution in [0.4, 0.5) is 0 Å². The van der Waals surface area contributed by atoms with Gasteiger partial charge in [0.25, 0.3) is 5.91 Å². The maximum absolute atomic E-state index is 12.0. The lowest BCUT2D eigenvalue weighted by molar-refractivity contribution is 0.0949. The average molecular weight is 246 g/mol. The van der Waals surface area contributed by atoms with Crippen molar-refractivity contribution in [3.8, 4) is 0 Å². The van der Waals surface area contributed by atoms with Crippen LogP contribution in [0.3, 0.4) is 0 Å². The van der Waals surface area contributed by atoms with E-state index in [1.165, 1.54) is 6.26 Å². The zero-order chi connectivity index (χ0) is 13.0. The molecule has 1 heterocycles. The van der Waals surface area contributed by atoms with Crippen molar-refractivity contribution in [1.82, 2.24) is 10.6 Å². The van der Waals surface area contributed by atoms with Crippen LogP contribution in [0.25, 0.3) is 11.0 Å². The number of amides is 1. The normalized spacial score (nSPS) is 12.6. The third-order valence-corrected chi connectivity index (χ3v) is 2.89. The predicted octanol–water partition coefficient (Wildman–Crippen LogP) is 2.02. The Bertz CT molecular complexity index is 533. The molecule has 0 fully saturated rings. The van der Waals surface area contributed by atoms with Crippen LogP contribution in [0.5, 0.6) is 0 Å². The maximum Gasteiger partial charge on any atom is 0.255 e. The fraction of sp³-hybridized carbons (Fsp3) is 0.357. The quantitative estimate of drug-likeness (QED) is 0.848. The van der Waals surface area contributed by atoms with E-state index in [9.17, 15) is 4.79 Å². The van der Waals surface area contributed by atoms with Crippen LogP contribution in [0.15, 0.2) is 34.9 Å². The number of nitrogens with one attached hydrogen (secondary N) is 2. The number of hydrogen-bond acceptors (Lipinski definition) is 3. The molecule has 0 aliphatic carbocycles. The van der Waals surface area contributed by atoms with Crippen LogP contribution in [0.1, 0.15) is 17.3 Å². The minimum atomic E-state index is -0.0806. The molecule has 1 unspecified atom stereocenters. The molecule has 18 heavy (non-hydrogen) atoms. The molecule has 2 rings (SSSR count). The number of fused-ring (bicyclic) bond motifs is 1. The molecular weight excluding hydrogens is 228 g/mol. The second-order valence-corrected chi connectivity index (χ2v) is 4.52. The summed E-state index contributed by atoms with van der Waals surface area (Å²) in [5.74, 6) is 0.319. The Balaban J connectivity index is 2.05. The molecule has 2 aromatic rings. The first-order valence-corrected chi connectivity index (χ1v) is 6.11. The fourth-order valence-electron chi connectivity index (χ4n) is 1.94. The Hall–Kier alpha value is -1.81.